The summed E-state index contributed by atoms with van der Waals surface area (Å²) in [5.41, 5.74) is 0.995. The van der Waals surface area contributed by atoms with Crippen molar-refractivity contribution in [1.29, 1.82) is 0 Å². The molecule has 1 aromatic heterocycles. The first-order valence-corrected chi connectivity index (χ1v) is 8.94. The molecule has 0 spiro atoms. The van der Waals surface area contributed by atoms with Crippen molar-refractivity contribution in [2.75, 3.05) is 13.2 Å². The van der Waals surface area contributed by atoms with Crippen molar-refractivity contribution < 1.29 is 23.7 Å². The molecule has 9 nitrogen and oxygen atoms in total. The predicted octanol–water partition coefficient (Wildman–Crippen LogP) is 2.32. The highest BCUT2D eigenvalue weighted by atomic mass is 16.7. The summed E-state index contributed by atoms with van der Waals surface area (Å²) in [5, 5.41) is 5.11. The van der Waals surface area contributed by atoms with Crippen LogP contribution in [0.25, 0.3) is 0 Å². The number of amides is 2. The number of nitrogens with zero attached hydrogens (tertiary/aromatic N) is 4. The molecule has 0 unspecified atom stereocenters. The third-order valence-electron chi connectivity index (χ3n) is 4.72. The van der Waals surface area contributed by atoms with E-state index in [2.05, 4.69) is 10.1 Å². The molecular formula is C18H20N4O5. The van der Waals surface area contributed by atoms with E-state index >= 15 is 0 Å². The zero-order chi connectivity index (χ0) is 18.8. The first kappa shape index (κ1) is 17.5. The summed E-state index contributed by atoms with van der Waals surface area (Å²) in [6.07, 6.45) is 1.41. The van der Waals surface area contributed by atoms with Gasteiger partial charge in [-0.3, -0.25) is 4.84 Å². The molecule has 2 aliphatic heterocycles. The first-order valence-electron chi connectivity index (χ1n) is 8.94. The smallest absolute Gasteiger partial charge is 0.379 e. The van der Waals surface area contributed by atoms with Crippen molar-refractivity contribution in [1.82, 2.24) is 20.1 Å². The Bertz CT molecular complexity index is 824. The molecule has 2 aromatic rings. The van der Waals surface area contributed by atoms with E-state index in [4.69, 9.17) is 14.1 Å². The van der Waals surface area contributed by atoms with Crippen LogP contribution in [0.15, 0.2) is 34.9 Å². The molecule has 0 radical (unpaired) electrons. The molecule has 0 saturated carbocycles. The van der Waals surface area contributed by atoms with Crippen LogP contribution < -0.4 is 0 Å². The lowest BCUT2D eigenvalue weighted by Crippen LogP contribution is -2.34. The Morgan fingerprint density at radius 1 is 1.30 bits per heavy atom. The Balaban J connectivity index is 1.44. The molecule has 142 valence electrons. The molecule has 2 saturated heterocycles. The first-order chi connectivity index (χ1) is 13.2. The van der Waals surface area contributed by atoms with Gasteiger partial charge >= 0.3 is 12.0 Å². The fraction of sp³-hybridized carbons (Fsp3) is 0.444. The van der Waals surface area contributed by atoms with Gasteiger partial charge in [0, 0.05) is 6.54 Å². The van der Waals surface area contributed by atoms with E-state index in [0.717, 1.165) is 12.0 Å². The molecule has 4 rings (SSSR count). The minimum Gasteiger partial charge on any atom is -0.460 e. The molecule has 2 bridgehead atoms. The van der Waals surface area contributed by atoms with Crippen molar-refractivity contribution in [2.24, 2.45) is 0 Å². The average Bonchev–Trinajstić information content (AvgIpc) is 3.27. The normalized spacial score (nSPS) is 21.6. The van der Waals surface area contributed by atoms with Crippen LogP contribution in [0.1, 0.15) is 47.9 Å². The Morgan fingerprint density at radius 3 is 2.89 bits per heavy atom. The number of fused-ring (bicyclic) bond motifs is 2. The second-order valence-electron chi connectivity index (χ2n) is 6.44. The fourth-order valence-corrected chi connectivity index (χ4v) is 3.42. The summed E-state index contributed by atoms with van der Waals surface area (Å²) in [6, 6.07) is 9.09. The monoisotopic (exact) mass is 372 g/mol. The number of ether oxygens (including phenoxy) is 1. The van der Waals surface area contributed by atoms with Crippen molar-refractivity contribution in [3.05, 3.63) is 47.6 Å². The molecule has 1 aromatic carbocycles. The van der Waals surface area contributed by atoms with Crippen LogP contribution in [0.2, 0.25) is 0 Å². The predicted molar refractivity (Wildman–Crippen MR) is 91.2 cm³/mol. The minimum atomic E-state index is -0.637. The van der Waals surface area contributed by atoms with Crippen molar-refractivity contribution >= 4 is 12.0 Å². The maximum Gasteiger partial charge on any atom is 0.379 e. The van der Waals surface area contributed by atoms with Crippen LogP contribution in [0, 0.1) is 0 Å². The molecule has 2 atom stereocenters. The zero-order valence-corrected chi connectivity index (χ0v) is 14.9. The van der Waals surface area contributed by atoms with Crippen molar-refractivity contribution in [2.45, 2.75) is 38.5 Å². The molecule has 2 aliphatic rings. The topological polar surface area (TPSA) is 98.0 Å². The maximum absolute atomic E-state index is 12.8. The summed E-state index contributed by atoms with van der Waals surface area (Å²) in [6.45, 7) is 2.78. The number of aromatic nitrogens is 2. The second-order valence-corrected chi connectivity index (χ2v) is 6.44. The highest BCUT2D eigenvalue weighted by molar-refractivity contribution is 5.84. The number of esters is 1. The van der Waals surface area contributed by atoms with E-state index in [9.17, 15) is 9.59 Å². The maximum atomic E-state index is 12.8. The van der Waals surface area contributed by atoms with Crippen LogP contribution in [0.4, 0.5) is 4.79 Å². The van der Waals surface area contributed by atoms with Gasteiger partial charge in [0.25, 0.3) is 5.82 Å². The Kier molecular flexibility index (Phi) is 4.76. The molecule has 2 amide bonds. The lowest BCUT2D eigenvalue weighted by Gasteiger charge is -2.27. The van der Waals surface area contributed by atoms with Gasteiger partial charge in [-0.15, -0.1) is 0 Å². The number of hydrogen-bond acceptors (Lipinski definition) is 7. The highest BCUT2D eigenvalue weighted by Crippen LogP contribution is 2.38. The molecule has 2 fully saturated rings. The quantitative estimate of drug-likeness (QED) is 0.718. The number of carbonyl (C=O) groups is 2. The molecule has 0 N–H and O–H groups in total. The number of rotatable bonds is 6. The van der Waals surface area contributed by atoms with E-state index in [1.54, 1.807) is 11.8 Å². The molecular weight excluding hydrogens is 352 g/mol. The van der Waals surface area contributed by atoms with Crippen molar-refractivity contribution in [3.63, 3.8) is 0 Å². The van der Waals surface area contributed by atoms with Gasteiger partial charge in [0.1, 0.15) is 12.6 Å². The van der Waals surface area contributed by atoms with Gasteiger partial charge < -0.3 is 14.2 Å². The number of carbonyl (C=O) groups excluding carboxylic acids is 2. The standard InChI is InChI=1S/C18H20N4O5/c1-2-25-17(23)15-19-16(27-20-15)14-9-8-13-10-21(14)18(24)22(13)26-11-12-6-4-3-5-7-12/h3-7,13-14H,2,8-11H2,1H3/t13-,14+/m0/s1. The van der Waals surface area contributed by atoms with Gasteiger partial charge in [-0.25, -0.2) is 9.59 Å². The van der Waals surface area contributed by atoms with Gasteiger partial charge in [-0.2, -0.15) is 10.0 Å². The van der Waals surface area contributed by atoms with E-state index in [1.165, 1.54) is 5.06 Å². The third-order valence-corrected chi connectivity index (χ3v) is 4.72. The largest absolute Gasteiger partial charge is 0.460 e. The lowest BCUT2D eigenvalue weighted by atomic mass is 10.0. The van der Waals surface area contributed by atoms with Gasteiger partial charge in [-0.05, 0) is 30.5 Å². The Labute approximate surface area is 155 Å². The Hall–Kier alpha value is -2.94. The van der Waals surface area contributed by atoms with Gasteiger partial charge in [0.05, 0.1) is 12.6 Å². The van der Waals surface area contributed by atoms with Gasteiger partial charge in [0.15, 0.2) is 0 Å². The van der Waals surface area contributed by atoms with Gasteiger partial charge in [-0.1, -0.05) is 30.3 Å². The summed E-state index contributed by atoms with van der Waals surface area (Å²) >= 11 is 0. The number of piperidine rings is 1. The summed E-state index contributed by atoms with van der Waals surface area (Å²) in [7, 11) is 0. The average molecular weight is 372 g/mol. The second kappa shape index (κ2) is 7.36. The molecule has 9 heteroatoms. The minimum absolute atomic E-state index is 0.00934. The van der Waals surface area contributed by atoms with Gasteiger partial charge in [0.2, 0.25) is 5.89 Å². The fourth-order valence-electron chi connectivity index (χ4n) is 3.42. The number of hydroxylamine groups is 2. The summed E-state index contributed by atoms with van der Waals surface area (Å²) in [5.74, 6) is -0.519. The van der Waals surface area contributed by atoms with E-state index in [1.807, 2.05) is 30.3 Å². The molecule has 3 heterocycles. The van der Waals surface area contributed by atoms with E-state index in [0.29, 0.717) is 19.6 Å². The highest BCUT2D eigenvalue weighted by Gasteiger charge is 2.48. The summed E-state index contributed by atoms with van der Waals surface area (Å²) in [4.78, 5) is 36.0. The van der Waals surface area contributed by atoms with E-state index in [-0.39, 0.29) is 36.4 Å². The van der Waals surface area contributed by atoms with Crippen LogP contribution in [0.3, 0.4) is 0 Å². The number of benzene rings is 1. The summed E-state index contributed by atoms with van der Waals surface area (Å²) < 4.78 is 10.1. The van der Waals surface area contributed by atoms with E-state index < -0.39 is 5.97 Å². The zero-order valence-electron chi connectivity index (χ0n) is 14.9. The molecule has 27 heavy (non-hydrogen) atoms. The van der Waals surface area contributed by atoms with Crippen LogP contribution in [0.5, 0.6) is 0 Å². The van der Waals surface area contributed by atoms with Crippen LogP contribution in [-0.2, 0) is 16.2 Å². The number of urea groups is 1. The molecule has 0 aliphatic carbocycles. The SMILES string of the molecule is CCOC(=O)c1noc([C@H]2CC[C@H]3CN2C(=O)N3OCc2ccccc2)n1. The Morgan fingerprint density at radius 2 is 2.11 bits per heavy atom. The van der Waals surface area contributed by atoms with Crippen molar-refractivity contribution in [3.8, 4) is 0 Å². The van der Waals surface area contributed by atoms with Crippen LogP contribution in [-0.4, -0.2) is 51.3 Å². The van der Waals surface area contributed by atoms with Crippen LogP contribution >= 0.6 is 0 Å². The number of hydrogen-bond donors (Lipinski definition) is 0. The third kappa shape index (κ3) is 3.37. The lowest BCUT2D eigenvalue weighted by molar-refractivity contribution is -0.140.